The molecular formula is C27H40N2O5. The number of amides is 1. The Morgan fingerprint density at radius 1 is 1.15 bits per heavy atom. The van der Waals surface area contributed by atoms with Crippen molar-refractivity contribution < 1.29 is 23.7 Å². The molecule has 7 nitrogen and oxygen atoms in total. The van der Waals surface area contributed by atoms with E-state index in [1.54, 1.807) is 0 Å². The normalized spacial score (nSPS) is 28.0. The first-order chi connectivity index (χ1) is 16.4. The number of carbonyl (C=O) groups is 1. The molecule has 4 heterocycles. The predicted molar refractivity (Wildman–Crippen MR) is 129 cm³/mol. The minimum atomic E-state index is -0.344. The summed E-state index contributed by atoms with van der Waals surface area (Å²) in [5, 5.41) is 0. The number of benzene rings is 1. The maximum absolute atomic E-state index is 12.9. The van der Waals surface area contributed by atoms with Gasteiger partial charge in [-0.25, -0.2) is 0 Å². The summed E-state index contributed by atoms with van der Waals surface area (Å²) in [5.74, 6) is 2.20. The van der Waals surface area contributed by atoms with Gasteiger partial charge in [0.25, 0.3) is 0 Å². The van der Waals surface area contributed by atoms with Gasteiger partial charge in [0, 0.05) is 50.6 Å². The number of piperidine rings is 1. The number of hydrogen-bond donors (Lipinski definition) is 0. The summed E-state index contributed by atoms with van der Waals surface area (Å²) in [4.78, 5) is 17.3. The number of rotatable bonds is 5. The van der Waals surface area contributed by atoms with Crippen molar-refractivity contribution in [3.8, 4) is 11.5 Å². The van der Waals surface area contributed by atoms with Crippen LogP contribution < -0.4 is 9.47 Å². The number of nitrogens with zero attached hydrogens (tertiary/aromatic N) is 2. The van der Waals surface area contributed by atoms with Crippen LogP contribution in [-0.2, 0) is 14.3 Å². The minimum Gasteiger partial charge on any atom is -0.490 e. The third-order valence-electron chi connectivity index (χ3n) is 8.38. The second-order valence-corrected chi connectivity index (χ2v) is 10.9. The van der Waals surface area contributed by atoms with Gasteiger partial charge in [-0.05, 0) is 51.5 Å². The van der Waals surface area contributed by atoms with Crippen molar-refractivity contribution >= 4 is 5.91 Å². The molecule has 1 aromatic carbocycles. The lowest BCUT2D eigenvalue weighted by molar-refractivity contribution is -0.176. The highest BCUT2D eigenvalue weighted by Gasteiger charge is 2.53. The fourth-order valence-corrected chi connectivity index (χ4v) is 6.22. The summed E-state index contributed by atoms with van der Waals surface area (Å²) in [6, 6.07) is 6.14. The first-order valence-electron chi connectivity index (χ1n) is 13.0. The Kier molecular flexibility index (Phi) is 6.79. The predicted octanol–water partition coefficient (Wildman–Crippen LogP) is 3.67. The van der Waals surface area contributed by atoms with Gasteiger partial charge in [-0.15, -0.1) is 0 Å². The van der Waals surface area contributed by atoms with Gasteiger partial charge in [-0.2, -0.15) is 0 Å². The zero-order valence-electron chi connectivity index (χ0n) is 21.0. The number of fused-ring (bicyclic) bond motifs is 3. The molecule has 0 aromatic heterocycles. The molecule has 4 aliphatic rings. The van der Waals surface area contributed by atoms with Gasteiger partial charge < -0.3 is 23.8 Å². The van der Waals surface area contributed by atoms with Gasteiger partial charge in [0.05, 0.1) is 32.5 Å². The van der Waals surface area contributed by atoms with Crippen LogP contribution in [-0.4, -0.2) is 80.5 Å². The molecule has 7 heteroatoms. The van der Waals surface area contributed by atoms with E-state index in [-0.39, 0.29) is 28.9 Å². The number of morpholine rings is 1. The molecule has 1 spiro atoms. The Bertz CT molecular complexity index is 874. The monoisotopic (exact) mass is 472 g/mol. The van der Waals surface area contributed by atoms with Gasteiger partial charge in [0.15, 0.2) is 11.5 Å². The molecule has 2 atom stereocenters. The highest BCUT2D eigenvalue weighted by atomic mass is 16.5. The van der Waals surface area contributed by atoms with Crippen molar-refractivity contribution in [3.63, 3.8) is 0 Å². The minimum absolute atomic E-state index is 0.0259. The highest BCUT2D eigenvalue weighted by molar-refractivity contribution is 5.76. The molecule has 0 saturated carbocycles. The van der Waals surface area contributed by atoms with Crippen molar-refractivity contribution in [1.29, 1.82) is 0 Å². The fourth-order valence-electron chi connectivity index (χ4n) is 6.22. The summed E-state index contributed by atoms with van der Waals surface area (Å²) >= 11 is 0. The van der Waals surface area contributed by atoms with Crippen LogP contribution in [0.3, 0.4) is 0 Å². The lowest BCUT2D eigenvalue weighted by Crippen LogP contribution is -2.54. The maximum Gasteiger partial charge on any atom is 0.223 e. The van der Waals surface area contributed by atoms with Crippen LogP contribution in [0.15, 0.2) is 18.2 Å². The van der Waals surface area contributed by atoms with E-state index in [0.717, 1.165) is 88.9 Å². The third kappa shape index (κ3) is 4.67. The molecule has 34 heavy (non-hydrogen) atoms. The number of para-hydroxylation sites is 1. The summed E-state index contributed by atoms with van der Waals surface area (Å²) in [6.07, 6.45) is 3.70. The average molecular weight is 473 g/mol. The van der Waals surface area contributed by atoms with Crippen molar-refractivity contribution in [2.45, 2.75) is 58.2 Å². The first kappa shape index (κ1) is 23.9. The van der Waals surface area contributed by atoms with Crippen LogP contribution >= 0.6 is 0 Å². The summed E-state index contributed by atoms with van der Waals surface area (Å²) in [6.45, 7) is 13.6. The lowest BCUT2D eigenvalue weighted by atomic mass is 9.64. The largest absolute Gasteiger partial charge is 0.490 e. The molecule has 3 saturated heterocycles. The van der Waals surface area contributed by atoms with E-state index in [1.165, 1.54) is 0 Å². The average Bonchev–Trinajstić information content (AvgIpc) is 2.84. The number of hydrogen-bond acceptors (Lipinski definition) is 6. The molecule has 0 bridgehead atoms. The molecule has 0 aliphatic carbocycles. The fraction of sp³-hybridized carbons (Fsp3) is 0.741. The van der Waals surface area contributed by atoms with Crippen LogP contribution in [0.2, 0.25) is 0 Å². The van der Waals surface area contributed by atoms with Crippen molar-refractivity contribution in [1.82, 2.24) is 9.80 Å². The third-order valence-corrected chi connectivity index (χ3v) is 8.38. The van der Waals surface area contributed by atoms with Gasteiger partial charge in [0.1, 0.15) is 5.60 Å². The molecule has 0 radical (unpaired) electrons. The molecule has 188 valence electrons. The van der Waals surface area contributed by atoms with Gasteiger partial charge in [0.2, 0.25) is 5.91 Å². The van der Waals surface area contributed by atoms with Crippen molar-refractivity contribution in [3.05, 3.63) is 23.8 Å². The summed E-state index contributed by atoms with van der Waals surface area (Å²) in [5.41, 5.74) is 0.891. The SMILES string of the molecule is CCOc1cccc2c1OC(C)(C)[C@H]1CC3(CCN(C(=O)CCN4CCOCC4)CC3)CO[C@H]21. The van der Waals surface area contributed by atoms with Crippen LogP contribution in [0, 0.1) is 11.3 Å². The van der Waals surface area contributed by atoms with E-state index in [1.807, 2.05) is 19.1 Å². The van der Waals surface area contributed by atoms with Crippen LogP contribution in [0.1, 0.15) is 58.1 Å². The van der Waals surface area contributed by atoms with E-state index in [4.69, 9.17) is 18.9 Å². The quantitative estimate of drug-likeness (QED) is 0.652. The molecule has 0 unspecified atom stereocenters. The number of likely N-dealkylation sites (tertiary alicyclic amines) is 1. The molecule has 3 fully saturated rings. The van der Waals surface area contributed by atoms with Crippen LogP contribution in [0.4, 0.5) is 0 Å². The van der Waals surface area contributed by atoms with Gasteiger partial charge in [-0.3, -0.25) is 9.69 Å². The Morgan fingerprint density at radius 2 is 1.91 bits per heavy atom. The highest BCUT2D eigenvalue weighted by Crippen LogP contribution is 2.57. The standard InChI is InChI=1S/C27H40N2O5/c1-4-32-22-7-5-6-20-24-21(26(2,3)34-25(20)22)18-27(19-33-24)9-12-29(13-10-27)23(30)8-11-28-14-16-31-17-15-28/h5-7,21,24H,4,8-19H2,1-3H3/t21-,24+/m0/s1. The molecular weight excluding hydrogens is 432 g/mol. The maximum atomic E-state index is 12.9. The van der Waals surface area contributed by atoms with E-state index in [9.17, 15) is 4.79 Å². The Hall–Kier alpha value is -1.83. The van der Waals surface area contributed by atoms with Crippen molar-refractivity contribution in [2.24, 2.45) is 11.3 Å². The van der Waals surface area contributed by atoms with E-state index >= 15 is 0 Å². The van der Waals surface area contributed by atoms with Crippen LogP contribution in [0.5, 0.6) is 11.5 Å². The molecule has 0 N–H and O–H groups in total. The summed E-state index contributed by atoms with van der Waals surface area (Å²) < 4.78 is 24.5. The molecule has 1 aromatic rings. The van der Waals surface area contributed by atoms with Gasteiger partial charge >= 0.3 is 0 Å². The first-order valence-corrected chi connectivity index (χ1v) is 13.0. The second-order valence-electron chi connectivity index (χ2n) is 10.9. The topological polar surface area (TPSA) is 60.5 Å². The lowest BCUT2D eigenvalue weighted by Gasteiger charge is -2.54. The zero-order chi connectivity index (χ0) is 23.8. The van der Waals surface area contributed by atoms with E-state index < -0.39 is 0 Å². The Labute approximate surface area is 203 Å². The number of ether oxygens (including phenoxy) is 4. The molecule has 4 aliphatic heterocycles. The molecule has 5 rings (SSSR count). The summed E-state index contributed by atoms with van der Waals surface area (Å²) in [7, 11) is 0. The molecule has 1 amide bonds. The Morgan fingerprint density at radius 3 is 2.65 bits per heavy atom. The Balaban J connectivity index is 1.22. The van der Waals surface area contributed by atoms with Crippen LogP contribution in [0.25, 0.3) is 0 Å². The smallest absolute Gasteiger partial charge is 0.223 e. The van der Waals surface area contributed by atoms with Crippen molar-refractivity contribution in [2.75, 3.05) is 59.2 Å². The van der Waals surface area contributed by atoms with Gasteiger partial charge in [-0.1, -0.05) is 12.1 Å². The second kappa shape index (κ2) is 9.67. The van der Waals surface area contributed by atoms with E-state index in [2.05, 4.69) is 29.7 Å². The van der Waals surface area contributed by atoms with E-state index in [0.29, 0.717) is 13.0 Å². The zero-order valence-corrected chi connectivity index (χ0v) is 21.0. The number of carbonyl (C=O) groups excluding carboxylic acids is 1.